The molecule has 1 aromatic carbocycles. The number of carbonyl (C=O) groups is 2. The monoisotopic (exact) mass is 395 g/mol. The molecule has 0 aliphatic carbocycles. The van der Waals surface area contributed by atoms with Crippen LogP contribution in [0.5, 0.6) is 0 Å². The molecule has 0 bridgehead atoms. The Balaban J connectivity index is 1.40. The van der Waals surface area contributed by atoms with Crippen molar-refractivity contribution >= 4 is 22.8 Å². The first kappa shape index (κ1) is 19.1. The number of H-pyrrole nitrogens is 2. The molecular formula is C20H25N7O2. The second-order valence-electron chi connectivity index (χ2n) is 7.52. The fourth-order valence-corrected chi connectivity index (χ4v) is 3.96. The van der Waals surface area contributed by atoms with E-state index in [1.807, 2.05) is 6.20 Å². The highest BCUT2D eigenvalue weighted by molar-refractivity contribution is 6.06. The number of likely N-dealkylation sites (tertiary alicyclic amines) is 1. The quantitative estimate of drug-likeness (QED) is 0.503. The highest BCUT2D eigenvalue weighted by atomic mass is 16.2. The van der Waals surface area contributed by atoms with Gasteiger partial charge < -0.3 is 21.0 Å². The van der Waals surface area contributed by atoms with Gasteiger partial charge in [0.2, 0.25) is 0 Å². The summed E-state index contributed by atoms with van der Waals surface area (Å²) in [5, 5.41) is 3.03. The number of piperidine rings is 1. The van der Waals surface area contributed by atoms with Gasteiger partial charge in [0.25, 0.3) is 11.8 Å². The molecule has 1 aliphatic rings. The van der Waals surface area contributed by atoms with Crippen molar-refractivity contribution in [2.24, 2.45) is 11.7 Å². The van der Waals surface area contributed by atoms with E-state index in [9.17, 15) is 9.59 Å². The number of carbonyl (C=O) groups excluding carboxylic acids is 2. The van der Waals surface area contributed by atoms with Crippen molar-refractivity contribution in [3.05, 3.63) is 47.8 Å². The van der Waals surface area contributed by atoms with Crippen LogP contribution in [-0.2, 0) is 0 Å². The Bertz CT molecular complexity index is 1010. The molecule has 2 unspecified atom stereocenters. The number of aromatic nitrogens is 4. The molecule has 1 saturated heterocycles. The number of aromatic amines is 2. The lowest BCUT2D eigenvalue weighted by molar-refractivity contribution is 0.0915. The van der Waals surface area contributed by atoms with E-state index in [4.69, 9.17) is 5.73 Å². The van der Waals surface area contributed by atoms with Gasteiger partial charge in [-0.1, -0.05) is 6.07 Å². The second-order valence-corrected chi connectivity index (χ2v) is 7.52. The molecule has 0 radical (unpaired) electrons. The Kier molecular flexibility index (Phi) is 5.30. The molecule has 2 aromatic heterocycles. The summed E-state index contributed by atoms with van der Waals surface area (Å²) in [4.78, 5) is 41.1. The Morgan fingerprint density at radius 2 is 2.28 bits per heavy atom. The average molecular weight is 395 g/mol. The van der Waals surface area contributed by atoms with Gasteiger partial charge in [-0.2, -0.15) is 0 Å². The number of para-hydroxylation sites is 1. The van der Waals surface area contributed by atoms with E-state index in [2.05, 4.69) is 37.1 Å². The second kappa shape index (κ2) is 8.04. The van der Waals surface area contributed by atoms with Crippen LogP contribution >= 0.6 is 0 Å². The Labute approximate surface area is 168 Å². The number of nitrogens with zero attached hydrogens (tertiary/aromatic N) is 3. The van der Waals surface area contributed by atoms with Crippen molar-refractivity contribution in [1.82, 2.24) is 30.2 Å². The van der Waals surface area contributed by atoms with Gasteiger partial charge in [-0.25, -0.2) is 9.97 Å². The maximum absolute atomic E-state index is 12.8. The third kappa shape index (κ3) is 4.00. The van der Waals surface area contributed by atoms with Crippen LogP contribution in [0.2, 0.25) is 0 Å². The largest absolute Gasteiger partial charge is 0.363 e. The van der Waals surface area contributed by atoms with E-state index in [0.717, 1.165) is 31.8 Å². The fraction of sp³-hybridized carbons (Fsp3) is 0.400. The molecule has 2 atom stereocenters. The number of primary amides is 1. The van der Waals surface area contributed by atoms with Gasteiger partial charge in [-0.15, -0.1) is 0 Å². The molecule has 9 heteroatoms. The van der Waals surface area contributed by atoms with E-state index in [1.54, 1.807) is 24.4 Å². The first-order valence-corrected chi connectivity index (χ1v) is 9.83. The van der Waals surface area contributed by atoms with Crippen molar-refractivity contribution < 1.29 is 9.59 Å². The number of hydrogen-bond acceptors (Lipinski definition) is 5. The van der Waals surface area contributed by atoms with E-state index in [1.165, 1.54) is 0 Å². The SMILES string of the molecule is CC(c1ncc[nH]1)N1CCCC(CNC(=O)c2cccc3[nH]c(C(N)=O)nc23)C1. The van der Waals surface area contributed by atoms with Gasteiger partial charge >= 0.3 is 0 Å². The molecule has 152 valence electrons. The molecule has 9 nitrogen and oxygen atoms in total. The number of nitrogens with two attached hydrogens (primary N) is 1. The maximum atomic E-state index is 12.8. The number of hydrogen-bond donors (Lipinski definition) is 4. The lowest BCUT2D eigenvalue weighted by Gasteiger charge is -2.36. The molecule has 0 spiro atoms. The molecule has 1 fully saturated rings. The standard InChI is InChI=1S/C20H25N7O2/c1-12(18-22-7-8-23-18)27-9-3-4-13(11-27)10-24-20(29)14-5-2-6-15-16(14)26-19(25-15)17(21)28/h2,5-8,12-13H,3-4,9-11H2,1H3,(H2,21,28)(H,22,23)(H,24,29)(H,25,26). The number of rotatable bonds is 6. The zero-order chi connectivity index (χ0) is 20.4. The molecule has 2 amide bonds. The predicted molar refractivity (Wildman–Crippen MR) is 108 cm³/mol. The molecule has 3 aromatic rings. The normalized spacial score (nSPS) is 18.6. The van der Waals surface area contributed by atoms with Crippen molar-refractivity contribution in [3.63, 3.8) is 0 Å². The molecular weight excluding hydrogens is 370 g/mol. The summed E-state index contributed by atoms with van der Waals surface area (Å²) in [5.41, 5.74) is 6.79. The van der Waals surface area contributed by atoms with E-state index in [0.29, 0.717) is 29.1 Å². The summed E-state index contributed by atoms with van der Waals surface area (Å²) in [6.45, 7) is 4.66. The van der Waals surface area contributed by atoms with Crippen molar-refractivity contribution in [3.8, 4) is 0 Å². The molecule has 5 N–H and O–H groups in total. The minimum Gasteiger partial charge on any atom is -0.363 e. The topological polar surface area (TPSA) is 133 Å². The highest BCUT2D eigenvalue weighted by Crippen LogP contribution is 2.24. The van der Waals surface area contributed by atoms with Crippen molar-refractivity contribution in [1.29, 1.82) is 0 Å². The first-order valence-electron chi connectivity index (χ1n) is 9.83. The molecule has 0 saturated carbocycles. The fourth-order valence-electron chi connectivity index (χ4n) is 3.96. The lowest BCUT2D eigenvalue weighted by atomic mass is 9.96. The van der Waals surface area contributed by atoms with E-state index in [-0.39, 0.29) is 17.8 Å². The summed E-state index contributed by atoms with van der Waals surface area (Å²) < 4.78 is 0. The zero-order valence-electron chi connectivity index (χ0n) is 16.3. The van der Waals surface area contributed by atoms with E-state index >= 15 is 0 Å². The van der Waals surface area contributed by atoms with Crippen molar-refractivity contribution in [2.75, 3.05) is 19.6 Å². The minimum atomic E-state index is -0.652. The zero-order valence-corrected chi connectivity index (χ0v) is 16.3. The first-order chi connectivity index (χ1) is 14.0. The maximum Gasteiger partial charge on any atom is 0.284 e. The molecule has 1 aliphatic heterocycles. The van der Waals surface area contributed by atoms with Gasteiger partial charge in [0, 0.05) is 25.5 Å². The Morgan fingerprint density at radius 3 is 3.03 bits per heavy atom. The van der Waals surface area contributed by atoms with Crippen LogP contribution in [0.15, 0.2) is 30.6 Å². The molecule has 4 rings (SSSR count). The van der Waals surface area contributed by atoms with Gasteiger partial charge in [0.1, 0.15) is 11.3 Å². The van der Waals surface area contributed by atoms with Gasteiger partial charge in [-0.3, -0.25) is 14.5 Å². The summed E-state index contributed by atoms with van der Waals surface area (Å²) >= 11 is 0. The van der Waals surface area contributed by atoms with E-state index < -0.39 is 5.91 Å². The molecule has 29 heavy (non-hydrogen) atoms. The van der Waals surface area contributed by atoms with Crippen molar-refractivity contribution in [2.45, 2.75) is 25.8 Å². The highest BCUT2D eigenvalue weighted by Gasteiger charge is 2.26. The number of amides is 2. The van der Waals surface area contributed by atoms with Crippen LogP contribution in [0.4, 0.5) is 0 Å². The summed E-state index contributed by atoms with van der Waals surface area (Å²) in [6.07, 6.45) is 5.77. The van der Waals surface area contributed by atoms with Crippen LogP contribution in [0.1, 0.15) is 52.6 Å². The lowest BCUT2D eigenvalue weighted by Crippen LogP contribution is -2.42. The predicted octanol–water partition coefficient (Wildman–Crippen LogP) is 1.59. The Morgan fingerprint density at radius 1 is 1.41 bits per heavy atom. The minimum absolute atomic E-state index is 0.0510. The Hall–Kier alpha value is -3.20. The van der Waals surface area contributed by atoms with Crippen LogP contribution in [0.3, 0.4) is 0 Å². The number of imidazole rings is 2. The number of nitrogens with one attached hydrogen (secondary N) is 3. The summed E-state index contributed by atoms with van der Waals surface area (Å²) in [7, 11) is 0. The summed E-state index contributed by atoms with van der Waals surface area (Å²) in [6, 6.07) is 5.44. The van der Waals surface area contributed by atoms with Crippen LogP contribution in [0, 0.1) is 5.92 Å². The smallest absolute Gasteiger partial charge is 0.284 e. The third-order valence-corrected chi connectivity index (χ3v) is 5.56. The van der Waals surface area contributed by atoms with Crippen LogP contribution in [0.25, 0.3) is 11.0 Å². The number of benzene rings is 1. The van der Waals surface area contributed by atoms with Crippen LogP contribution < -0.4 is 11.1 Å². The summed E-state index contributed by atoms with van der Waals surface area (Å²) in [5.74, 6) is 0.528. The van der Waals surface area contributed by atoms with Gasteiger partial charge in [0.05, 0.1) is 17.1 Å². The average Bonchev–Trinajstić information content (AvgIpc) is 3.41. The van der Waals surface area contributed by atoms with Gasteiger partial charge in [-0.05, 0) is 44.4 Å². The molecule has 3 heterocycles. The third-order valence-electron chi connectivity index (χ3n) is 5.56. The van der Waals surface area contributed by atoms with Crippen LogP contribution in [-0.4, -0.2) is 56.3 Å². The number of fused-ring (bicyclic) bond motifs is 1. The van der Waals surface area contributed by atoms with Gasteiger partial charge in [0.15, 0.2) is 5.82 Å².